The molecular formula is C14H17N3. The highest BCUT2D eigenvalue weighted by Gasteiger charge is 1.96. The first-order valence-corrected chi connectivity index (χ1v) is 5.85. The number of nitrogen functional groups attached to an aromatic ring is 1. The summed E-state index contributed by atoms with van der Waals surface area (Å²) in [5.74, 6) is 0.526. The zero-order chi connectivity index (χ0) is 12.1. The van der Waals surface area contributed by atoms with Crippen LogP contribution in [-0.4, -0.2) is 4.98 Å². The Kier molecular flexibility index (Phi) is 3.60. The zero-order valence-corrected chi connectivity index (χ0v) is 9.98. The molecule has 0 bridgehead atoms. The average molecular weight is 227 g/mol. The number of pyridine rings is 1. The minimum atomic E-state index is 0.526. The Morgan fingerprint density at radius 3 is 2.53 bits per heavy atom. The van der Waals surface area contributed by atoms with Gasteiger partial charge >= 0.3 is 0 Å². The Hall–Kier alpha value is -2.03. The number of anilines is 3. The molecule has 3 N–H and O–H groups in total. The van der Waals surface area contributed by atoms with Crippen LogP contribution in [0.1, 0.15) is 18.9 Å². The van der Waals surface area contributed by atoms with Gasteiger partial charge < -0.3 is 11.1 Å². The topological polar surface area (TPSA) is 50.9 Å². The lowest BCUT2D eigenvalue weighted by Crippen LogP contribution is -1.94. The van der Waals surface area contributed by atoms with Gasteiger partial charge in [-0.15, -0.1) is 0 Å². The Labute approximate surface area is 102 Å². The summed E-state index contributed by atoms with van der Waals surface area (Å²) in [6.07, 6.45) is 4.00. The van der Waals surface area contributed by atoms with E-state index < -0.39 is 0 Å². The fourth-order valence-electron chi connectivity index (χ4n) is 1.74. The van der Waals surface area contributed by atoms with Gasteiger partial charge in [0, 0.05) is 23.6 Å². The van der Waals surface area contributed by atoms with Crippen LogP contribution in [-0.2, 0) is 6.42 Å². The third kappa shape index (κ3) is 3.21. The second-order valence-electron chi connectivity index (χ2n) is 4.04. The second-order valence-corrected chi connectivity index (χ2v) is 4.04. The second kappa shape index (κ2) is 5.34. The summed E-state index contributed by atoms with van der Waals surface area (Å²) in [5.41, 5.74) is 9.02. The Morgan fingerprint density at radius 2 is 1.88 bits per heavy atom. The lowest BCUT2D eigenvalue weighted by Gasteiger charge is -2.07. The van der Waals surface area contributed by atoms with E-state index in [1.807, 2.05) is 12.1 Å². The fraction of sp³-hybridized carbons (Fsp3) is 0.214. The minimum Gasteiger partial charge on any atom is -0.384 e. The Morgan fingerprint density at radius 1 is 1.12 bits per heavy atom. The van der Waals surface area contributed by atoms with Crippen molar-refractivity contribution in [3.05, 3.63) is 48.2 Å². The molecule has 2 rings (SSSR count). The summed E-state index contributed by atoms with van der Waals surface area (Å²) in [6.45, 7) is 2.19. The van der Waals surface area contributed by atoms with Crippen molar-refractivity contribution in [2.75, 3.05) is 11.1 Å². The van der Waals surface area contributed by atoms with Crippen LogP contribution in [0.2, 0.25) is 0 Å². The van der Waals surface area contributed by atoms with E-state index in [-0.39, 0.29) is 0 Å². The van der Waals surface area contributed by atoms with Crippen molar-refractivity contribution in [3.8, 4) is 0 Å². The van der Waals surface area contributed by atoms with E-state index in [1.54, 1.807) is 6.20 Å². The average Bonchev–Trinajstić information content (AvgIpc) is 2.32. The van der Waals surface area contributed by atoms with Crippen molar-refractivity contribution >= 4 is 17.2 Å². The molecule has 0 unspecified atom stereocenters. The van der Waals surface area contributed by atoms with Crippen LogP contribution in [0.15, 0.2) is 42.6 Å². The van der Waals surface area contributed by atoms with Crippen LogP contribution < -0.4 is 11.1 Å². The van der Waals surface area contributed by atoms with Gasteiger partial charge in [0.1, 0.15) is 5.82 Å². The van der Waals surface area contributed by atoms with Crippen molar-refractivity contribution in [3.63, 3.8) is 0 Å². The molecule has 88 valence electrons. The Bertz CT molecular complexity index is 477. The quantitative estimate of drug-likeness (QED) is 0.842. The minimum absolute atomic E-state index is 0.526. The largest absolute Gasteiger partial charge is 0.384 e. The van der Waals surface area contributed by atoms with Crippen LogP contribution >= 0.6 is 0 Å². The molecular weight excluding hydrogens is 210 g/mol. The molecule has 3 heteroatoms. The number of rotatable bonds is 4. The summed E-state index contributed by atoms with van der Waals surface area (Å²) in [7, 11) is 0. The molecule has 0 fully saturated rings. The molecule has 1 aromatic carbocycles. The van der Waals surface area contributed by atoms with Crippen LogP contribution in [0.25, 0.3) is 0 Å². The molecule has 0 aliphatic heterocycles. The number of nitrogens with two attached hydrogens (primary N) is 1. The number of aryl methyl sites for hydroxylation is 1. The number of aromatic nitrogens is 1. The molecule has 0 radical (unpaired) electrons. The van der Waals surface area contributed by atoms with E-state index >= 15 is 0 Å². The number of nitrogens with zero attached hydrogens (tertiary/aromatic N) is 1. The summed E-state index contributed by atoms with van der Waals surface area (Å²) in [4.78, 5) is 3.96. The molecule has 17 heavy (non-hydrogen) atoms. The highest BCUT2D eigenvalue weighted by molar-refractivity contribution is 5.61. The van der Waals surface area contributed by atoms with E-state index in [9.17, 15) is 0 Å². The van der Waals surface area contributed by atoms with Gasteiger partial charge in [0.2, 0.25) is 0 Å². The lowest BCUT2D eigenvalue weighted by atomic mass is 10.1. The molecule has 0 atom stereocenters. The van der Waals surface area contributed by atoms with Gasteiger partial charge in [-0.1, -0.05) is 25.5 Å². The van der Waals surface area contributed by atoms with Gasteiger partial charge in [-0.3, -0.25) is 0 Å². The highest BCUT2D eigenvalue weighted by atomic mass is 14.9. The Balaban J connectivity index is 2.08. The number of nitrogens with one attached hydrogen (secondary N) is 1. The van der Waals surface area contributed by atoms with Crippen LogP contribution in [0.3, 0.4) is 0 Å². The van der Waals surface area contributed by atoms with E-state index in [0.717, 1.165) is 17.8 Å². The number of hydrogen-bond donors (Lipinski definition) is 2. The first-order chi connectivity index (χ1) is 8.28. The fourth-order valence-corrected chi connectivity index (χ4v) is 1.74. The monoisotopic (exact) mass is 227 g/mol. The molecule has 0 amide bonds. The molecule has 1 heterocycles. The van der Waals surface area contributed by atoms with Crippen molar-refractivity contribution in [2.45, 2.75) is 19.8 Å². The van der Waals surface area contributed by atoms with Gasteiger partial charge in [0.15, 0.2) is 0 Å². The van der Waals surface area contributed by atoms with E-state index in [0.29, 0.717) is 5.82 Å². The van der Waals surface area contributed by atoms with Gasteiger partial charge in [0.25, 0.3) is 0 Å². The maximum Gasteiger partial charge on any atom is 0.125 e. The molecule has 3 nitrogen and oxygen atoms in total. The molecule has 0 aliphatic rings. The molecule has 0 saturated heterocycles. The van der Waals surface area contributed by atoms with Crippen LogP contribution in [0.5, 0.6) is 0 Å². The molecule has 0 saturated carbocycles. The van der Waals surface area contributed by atoms with Gasteiger partial charge in [0.05, 0.1) is 0 Å². The SMILES string of the molecule is CCCc1ccc(Nc2ccnc(N)c2)cc1. The molecule has 1 aromatic heterocycles. The van der Waals surface area contributed by atoms with Crippen LogP contribution in [0, 0.1) is 0 Å². The van der Waals surface area contributed by atoms with Gasteiger partial charge in [-0.25, -0.2) is 4.98 Å². The van der Waals surface area contributed by atoms with Crippen molar-refractivity contribution in [2.24, 2.45) is 0 Å². The van der Waals surface area contributed by atoms with E-state index in [2.05, 4.69) is 41.5 Å². The predicted octanol–water partition coefficient (Wildman–Crippen LogP) is 3.36. The molecule has 0 aliphatic carbocycles. The normalized spacial score (nSPS) is 10.2. The van der Waals surface area contributed by atoms with Gasteiger partial charge in [-0.2, -0.15) is 0 Å². The summed E-state index contributed by atoms with van der Waals surface area (Å²) < 4.78 is 0. The predicted molar refractivity (Wildman–Crippen MR) is 72.4 cm³/mol. The van der Waals surface area contributed by atoms with Crippen molar-refractivity contribution in [1.82, 2.24) is 4.98 Å². The number of benzene rings is 1. The first kappa shape index (κ1) is 11.5. The van der Waals surface area contributed by atoms with E-state index in [1.165, 1.54) is 12.0 Å². The third-order valence-electron chi connectivity index (χ3n) is 2.56. The lowest BCUT2D eigenvalue weighted by molar-refractivity contribution is 0.922. The molecule has 2 aromatic rings. The number of hydrogen-bond acceptors (Lipinski definition) is 3. The smallest absolute Gasteiger partial charge is 0.125 e. The van der Waals surface area contributed by atoms with Crippen molar-refractivity contribution < 1.29 is 0 Å². The van der Waals surface area contributed by atoms with E-state index in [4.69, 9.17) is 5.73 Å². The van der Waals surface area contributed by atoms with Crippen LogP contribution in [0.4, 0.5) is 17.2 Å². The van der Waals surface area contributed by atoms with Gasteiger partial charge in [-0.05, 0) is 30.2 Å². The standard InChI is InChI=1S/C14H17N3/c1-2-3-11-4-6-12(7-5-11)17-13-8-9-16-14(15)10-13/h4-10H,2-3H2,1H3,(H3,15,16,17). The highest BCUT2D eigenvalue weighted by Crippen LogP contribution is 2.18. The maximum absolute atomic E-state index is 5.62. The summed E-state index contributed by atoms with van der Waals surface area (Å²) in [5, 5.41) is 3.29. The maximum atomic E-state index is 5.62. The summed E-state index contributed by atoms with van der Waals surface area (Å²) >= 11 is 0. The third-order valence-corrected chi connectivity index (χ3v) is 2.56. The zero-order valence-electron chi connectivity index (χ0n) is 9.98. The first-order valence-electron chi connectivity index (χ1n) is 5.85. The molecule has 0 spiro atoms. The van der Waals surface area contributed by atoms with Crippen molar-refractivity contribution in [1.29, 1.82) is 0 Å². The summed E-state index contributed by atoms with van der Waals surface area (Å²) in [6, 6.07) is 12.2.